The highest BCUT2D eigenvalue weighted by Gasteiger charge is 2.24. The van der Waals surface area contributed by atoms with E-state index in [0.29, 0.717) is 17.1 Å². The molecule has 0 spiro atoms. The van der Waals surface area contributed by atoms with Crippen LogP contribution in [0.4, 0.5) is 5.82 Å². The zero-order valence-corrected chi connectivity index (χ0v) is 19.8. The molecule has 1 N–H and O–H groups in total. The van der Waals surface area contributed by atoms with Crippen LogP contribution in [-0.4, -0.2) is 47.9 Å². The Bertz CT molecular complexity index is 1120. The molecule has 7 nitrogen and oxygen atoms in total. The van der Waals surface area contributed by atoms with Crippen molar-refractivity contribution in [1.82, 2.24) is 14.7 Å². The van der Waals surface area contributed by atoms with Crippen molar-refractivity contribution in [3.8, 4) is 11.5 Å². The fourth-order valence-electron chi connectivity index (χ4n) is 4.53. The topological polar surface area (TPSA) is 68.6 Å². The van der Waals surface area contributed by atoms with Crippen LogP contribution in [0.3, 0.4) is 0 Å². The van der Waals surface area contributed by atoms with Crippen LogP contribution in [0.25, 0.3) is 0 Å². The molecule has 1 aliphatic heterocycles. The summed E-state index contributed by atoms with van der Waals surface area (Å²) in [4.78, 5) is 15.3. The van der Waals surface area contributed by atoms with E-state index in [2.05, 4.69) is 41.3 Å². The summed E-state index contributed by atoms with van der Waals surface area (Å²) in [6.45, 7) is 7.17. The number of hydrogen-bond acceptors (Lipinski definition) is 5. The van der Waals surface area contributed by atoms with Crippen LogP contribution in [0.2, 0.25) is 0 Å². The van der Waals surface area contributed by atoms with Crippen LogP contribution >= 0.6 is 0 Å². The van der Waals surface area contributed by atoms with Crippen molar-refractivity contribution < 1.29 is 14.3 Å². The first-order valence-corrected chi connectivity index (χ1v) is 11.3. The molecule has 2 heterocycles. The highest BCUT2D eigenvalue weighted by Crippen LogP contribution is 2.29. The summed E-state index contributed by atoms with van der Waals surface area (Å²) in [7, 11) is 3.29. The summed E-state index contributed by atoms with van der Waals surface area (Å²) in [5.74, 6) is 2.01. The Morgan fingerprint density at radius 3 is 2.45 bits per heavy atom. The van der Waals surface area contributed by atoms with Gasteiger partial charge in [0.25, 0.3) is 5.91 Å². The number of para-hydroxylation sites is 1. The molecule has 0 bridgehead atoms. The molecule has 0 unspecified atom stereocenters. The maximum atomic E-state index is 12.8. The second kappa shape index (κ2) is 10.1. The van der Waals surface area contributed by atoms with E-state index in [1.165, 1.54) is 16.7 Å². The van der Waals surface area contributed by atoms with Gasteiger partial charge in [-0.1, -0.05) is 18.2 Å². The standard InChI is InChI=1S/C26H32N4O3/c1-18-19(2)23(32-3)10-9-20(18)17-29-15-12-21(13-16-29)30-25(11-14-27-30)28-26(31)22-7-5-6-8-24(22)33-4/h5-11,14,21H,12-13,15-17H2,1-4H3,(H,28,31). The van der Waals surface area contributed by atoms with Crippen molar-refractivity contribution in [2.75, 3.05) is 32.6 Å². The number of nitrogens with one attached hydrogen (secondary N) is 1. The molecule has 7 heteroatoms. The van der Waals surface area contributed by atoms with E-state index < -0.39 is 0 Å². The number of ether oxygens (including phenoxy) is 2. The van der Waals surface area contributed by atoms with Crippen molar-refractivity contribution in [3.63, 3.8) is 0 Å². The van der Waals surface area contributed by atoms with Crippen molar-refractivity contribution in [2.24, 2.45) is 0 Å². The first kappa shape index (κ1) is 22.9. The molecule has 0 aliphatic carbocycles. The summed E-state index contributed by atoms with van der Waals surface area (Å²) in [5.41, 5.74) is 4.35. The van der Waals surface area contributed by atoms with E-state index in [-0.39, 0.29) is 11.9 Å². The number of carbonyl (C=O) groups is 1. The van der Waals surface area contributed by atoms with Gasteiger partial charge in [-0.15, -0.1) is 0 Å². The molecule has 1 saturated heterocycles. The summed E-state index contributed by atoms with van der Waals surface area (Å²) in [6, 6.07) is 13.6. The summed E-state index contributed by atoms with van der Waals surface area (Å²) >= 11 is 0. The van der Waals surface area contributed by atoms with Gasteiger partial charge < -0.3 is 14.8 Å². The molecular weight excluding hydrogens is 416 g/mol. The van der Waals surface area contributed by atoms with Gasteiger partial charge in [-0.2, -0.15) is 5.10 Å². The highest BCUT2D eigenvalue weighted by atomic mass is 16.5. The Morgan fingerprint density at radius 2 is 1.73 bits per heavy atom. The number of likely N-dealkylation sites (tertiary alicyclic amines) is 1. The number of rotatable bonds is 7. The Balaban J connectivity index is 1.39. The van der Waals surface area contributed by atoms with Gasteiger partial charge in [0.2, 0.25) is 0 Å². The van der Waals surface area contributed by atoms with Gasteiger partial charge >= 0.3 is 0 Å². The molecular formula is C26H32N4O3. The fourth-order valence-corrected chi connectivity index (χ4v) is 4.53. The summed E-state index contributed by atoms with van der Waals surface area (Å²) in [6.07, 6.45) is 3.70. The van der Waals surface area contributed by atoms with E-state index in [9.17, 15) is 4.79 Å². The maximum absolute atomic E-state index is 12.8. The Hall–Kier alpha value is -3.32. The van der Waals surface area contributed by atoms with Gasteiger partial charge in [-0.3, -0.25) is 9.69 Å². The van der Waals surface area contributed by atoms with Crippen LogP contribution in [0.1, 0.15) is 45.9 Å². The average Bonchev–Trinajstić information content (AvgIpc) is 3.30. The normalized spacial score (nSPS) is 14.8. The average molecular weight is 449 g/mol. The predicted molar refractivity (Wildman–Crippen MR) is 129 cm³/mol. The lowest BCUT2D eigenvalue weighted by Gasteiger charge is -2.33. The number of methoxy groups -OCH3 is 2. The number of carbonyl (C=O) groups excluding carboxylic acids is 1. The Kier molecular flexibility index (Phi) is 6.99. The van der Waals surface area contributed by atoms with Crippen LogP contribution in [0, 0.1) is 13.8 Å². The maximum Gasteiger partial charge on any atom is 0.260 e. The van der Waals surface area contributed by atoms with Crippen LogP contribution in [-0.2, 0) is 6.54 Å². The van der Waals surface area contributed by atoms with Crippen LogP contribution < -0.4 is 14.8 Å². The molecule has 33 heavy (non-hydrogen) atoms. The molecule has 4 rings (SSSR count). The quantitative estimate of drug-likeness (QED) is 0.572. The SMILES string of the molecule is COc1ccccc1C(=O)Nc1ccnn1C1CCN(Cc2ccc(OC)c(C)c2C)CC1. The number of hydrogen-bond donors (Lipinski definition) is 1. The highest BCUT2D eigenvalue weighted by molar-refractivity contribution is 6.05. The van der Waals surface area contributed by atoms with E-state index in [4.69, 9.17) is 9.47 Å². The van der Waals surface area contributed by atoms with Gasteiger partial charge in [0.1, 0.15) is 17.3 Å². The number of aromatic nitrogens is 2. The first-order valence-electron chi connectivity index (χ1n) is 11.3. The lowest BCUT2D eigenvalue weighted by molar-refractivity contribution is 0.102. The van der Waals surface area contributed by atoms with Crippen molar-refractivity contribution in [2.45, 2.75) is 39.3 Å². The first-order chi connectivity index (χ1) is 16.0. The fraction of sp³-hybridized carbons (Fsp3) is 0.385. The minimum absolute atomic E-state index is 0.197. The Morgan fingerprint density at radius 1 is 1.00 bits per heavy atom. The lowest BCUT2D eigenvalue weighted by atomic mass is 10.00. The molecule has 3 aromatic rings. The van der Waals surface area contributed by atoms with Gasteiger partial charge in [0.15, 0.2) is 0 Å². The molecule has 1 fully saturated rings. The van der Waals surface area contributed by atoms with Crippen molar-refractivity contribution in [1.29, 1.82) is 0 Å². The molecule has 0 atom stereocenters. The van der Waals surface area contributed by atoms with E-state index in [0.717, 1.165) is 38.2 Å². The van der Waals surface area contributed by atoms with Gasteiger partial charge in [-0.25, -0.2) is 4.68 Å². The molecule has 0 radical (unpaired) electrons. The second-order valence-corrected chi connectivity index (χ2v) is 8.50. The lowest BCUT2D eigenvalue weighted by Crippen LogP contribution is -2.35. The smallest absolute Gasteiger partial charge is 0.260 e. The zero-order valence-electron chi connectivity index (χ0n) is 19.8. The number of anilines is 1. The minimum Gasteiger partial charge on any atom is -0.496 e. The number of piperidine rings is 1. The van der Waals surface area contributed by atoms with Crippen molar-refractivity contribution >= 4 is 11.7 Å². The van der Waals surface area contributed by atoms with Gasteiger partial charge in [-0.05, 0) is 61.6 Å². The van der Waals surface area contributed by atoms with E-state index in [1.807, 2.05) is 22.9 Å². The number of nitrogens with zero attached hydrogens (tertiary/aromatic N) is 3. The Labute approximate surface area is 195 Å². The predicted octanol–water partition coefficient (Wildman–Crippen LogP) is 4.61. The van der Waals surface area contributed by atoms with Crippen LogP contribution in [0.15, 0.2) is 48.7 Å². The summed E-state index contributed by atoms with van der Waals surface area (Å²) in [5, 5.41) is 7.53. The zero-order chi connectivity index (χ0) is 23.4. The number of amides is 1. The molecule has 1 aromatic heterocycles. The van der Waals surface area contributed by atoms with Crippen LogP contribution in [0.5, 0.6) is 11.5 Å². The molecule has 0 saturated carbocycles. The number of benzene rings is 2. The van der Waals surface area contributed by atoms with Crippen molar-refractivity contribution in [3.05, 3.63) is 70.9 Å². The van der Waals surface area contributed by atoms with E-state index >= 15 is 0 Å². The minimum atomic E-state index is -0.197. The third-order valence-electron chi connectivity index (χ3n) is 6.63. The van der Waals surface area contributed by atoms with Gasteiger partial charge in [0, 0.05) is 25.7 Å². The molecule has 1 aliphatic rings. The molecule has 2 aromatic carbocycles. The van der Waals surface area contributed by atoms with Gasteiger partial charge in [0.05, 0.1) is 32.0 Å². The summed E-state index contributed by atoms with van der Waals surface area (Å²) < 4.78 is 12.7. The molecule has 1 amide bonds. The largest absolute Gasteiger partial charge is 0.496 e. The van der Waals surface area contributed by atoms with E-state index in [1.54, 1.807) is 32.5 Å². The third-order valence-corrected chi connectivity index (χ3v) is 6.63. The monoisotopic (exact) mass is 448 g/mol. The second-order valence-electron chi connectivity index (χ2n) is 8.50. The third kappa shape index (κ3) is 4.88. The molecule has 174 valence electrons.